The van der Waals surface area contributed by atoms with Crippen LogP contribution in [0.5, 0.6) is 0 Å². The maximum Gasteiger partial charge on any atom is 0.317 e. The number of nitrogens with two attached hydrogens (primary N) is 2. The van der Waals surface area contributed by atoms with Crippen LogP contribution >= 0.6 is 11.3 Å². The number of likely N-dealkylation sites (N-methyl/N-ethyl adjacent to an activating group) is 1. The van der Waals surface area contributed by atoms with Crippen molar-refractivity contribution < 1.29 is 9.59 Å². The fourth-order valence-corrected chi connectivity index (χ4v) is 3.58. The minimum Gasteiger partial charge on any atom is -0.366 e. The van der Waals surface area contributed by atoms with Crippen molar-refractivity contribution in [2.75, 3.05) is 43.4 Å². The number of carbonyl (C=O) groups excluding carboxylic acids is 2. The van der Waals surface area contributed by atoms with Crippen molar-refractivity contribution in [2.45, 2.75) is 0 Å². The van der Waals surface area contributed by atoms with Gasteiger partial charge in [-0.05, 0) is 13.1 Å². The number of nitrogens with zero attached hydrogens (tertiary/aromatic N) is 4. The summed E-state index contributed by atoms with van der Waals surface area (Å²) >= 11 is 1.15. The Hall–Kier alpha value is -2.72. The quantitative estimate of drug-likeness (QED) is 0.729. The van der Waals surface area contributed by atoms with Crippen molar-refractivity contribution in [3.05, 3.63) is 24.0 Å². The number of primary amides is 2. The number of nitrogens with one attached hydrogen (secondary N) is 1. The zero-order valence-corrected chi connectivity index (χ0v) is 14.5. The second-order valence-electron chi connectivity index (χ2n) is 5.76. The SMILES string of the molecule is CN1CCN(c2cnc(-c3cc(C(N)=O)c(NC(N)=O)s3)nc2)CC1. The summed E-state index contributed by atoms with van der Waals surface area (Å²) < 4.78 is 0. The average Bonchev–Trinajstić information content (AvgIpc) is 2.99. The molecule has 2 aromatic rings. The second kappa shape index (κ2) is 7.03. The van der Waals surface area contributed by atoms with E-state index >= 15 is 0 Å². The lowest BCUT2D eigenvalue weighted by molar-refractivity contribution is 0.100. The lowest BCUT2D eigenvalue weighted by Gasteiger charge is -2.33. The number of thiophene rings is 1. The van der Waals surface area contributed by atoms with Gasteiger partial charge in [-0.3, -0.25) is 10.1 Å². The predicted molar refractivity (Wildman–Crippen MR) is 96.8 cm³/mol. The third-order valence-electron chi connectivity index (χ3n) is 3.96. The van der Waals surface area contributed by atoms with Gasteiger partial charge in [0.15, 0.2) is 5.82 Å². The molecule has 1 aliphatic heterocycles. The number of rotatable bonds is 4. The van der Waals surface area contributed by atoms with Gasteiger partial charge in [0.1, 0.15) is 5.00 Å². The van der Waals surface area contributed by atoms with Gasteiger partial charge in [-0.1, -0.05) is 0 Å². The van der Waals surface area contributed by atoms with E-state index in [9.17, 15) is 9.59 Å². The van der Waals surface area contributed by atoms with Crippen molar-refractivity contribution in [3.8, 4) is 10.7 Å². The molecular weight excluding hydrogens is 342 g/mol. The summed E-state index contributed by atoms with van der Waals surface area (Å²) in [4.78, 5) is 36.5. The smallest absolute Gasteiger partial charge is 0.317 e. The molecule has 3 rings (SSSR count). The van der Waals surface area contributed by atoms with Crippen LogP contribution in [-0.4, -0.2) is 60.0 Å². The van der Waals surface area contributed by atoms with E-state index in [2.05, 4.69) is 32.1 Å². The van der Waals surface area contributed by atoms with Gasteiger partial charge < -0.3 is 21.3 Å². The fourth-order valence-electron chi connectivity index (χ4n) is 2.57. The highest BCUT2D eigenvalue weighted by atomic mass is 32.1. The normalized spacial score (nSPS) is 15.2. The number of hydrogen-bond donors (Lipinski definition) is 3. The van der Waals surface area contributed by atoms with Crippen molar-refractivity contribution in [2.24, 2.45) is 11.5 Å². The maximum absolute atomic E-state index is 11.5. The minimum atomic E-state index is -0.762. The summed E-state index contributed by atoms with van der Waals surface area (Å²) in [5.41, 5.74) is 11.6. The van der Waals surface area contributed by atoms with Gasteiger partial charge in [0.05, 0.1) is 28.5 Å². The first kappa shape index (κ1) is 17.1. The van der Waals surface area contributed by atoms with Gasteiger partial charge in [0, 0.05) is 26.2 Å². The van der Waals surface area contributed by atoms with Crippen LogP contribution in [0.2, 0.25) is 0 Å². The Bertz CT molecular complexity index is 782. The molecule has 0 radical (unpaired) electrons. The maximum atomic E-state index is 11.5. The van der Waals surface area contributed by atoms with Crippen molar-refractivity contribution in [1.29, 1.82) is 0 Å². The van der Waals surface area contributed by atoms with Gasteiger partial charge in [-0.25, -0.2) is 14.8 Å². The molecule has 25 heavy (non-hydrogen) atoms. The fraction of sp³-hybridized carbons (Fsp3) is 0.333. The van der Waals surface area contributed by atoms with E-state index in [1.54, 1.807) is 18.5 Å². The third-order valence-corrected chi connectivity index (χ3v) is 5.01. The van der Waals surface area contributed by atoms with Crippen molar-refractivity contribution >= 4 is 34.0 Å². The van der Waals surface area contributed by atoms with Crippen LogP contribution in [0.15, 0.2) is 18.5 Å². The number of piperazine rings is 1. The minimum absolute atomic E-state index is 0.186. The molecule has 0 unspecified atom stereocenters. The van der Waals surface area contributed by atoms with Crippen LogP contribution < -0.4 is 21.7 Å². The van der Waals surface area contributed by atoms with Gasteiger partial charge >= 0.3 is 6.03 Å². The van der Waals surface area contributed by atoms with Crippen molar-refractivity contribution in [1.82, 2.24) is 14.9 Å². The Morgan fingerprint density at radius 2 is 1.80 bits per heavy atom. The van der Waals surface area contributed by atoms with E-state index in [4.69, 9.17) is 11.5 Å². The van der Waals surface area contributed by atoms with Crippen molar-refractivity contribution in [3.63, 3.8) is 0 Å². The number of aromatic nitrogens is 2. The lowest BCUT2D eigenvalue weighted by atomic mass is 10.2. The van der Waals surface area contributed by atoms with Gasteiger partial charge in [-0.2, -0.15) is 0 Å². The molecule has 3 heterocycles. The molecule has 3 amide bonds. The Kier molecular flexibility index (Phi) is 4.81. The van der Waals surface area contributed by atoms with E-state index < -0.39 is 11.9 Å². The standard InChI is InChI=1S/C15H19N7O2S/c1-21-2-4-22(5-3-21)9-7-18-13(19-8-9)11-6-10(12(16)23)14(25-11)20-15(17)24/h6-8H,2-5H2,1H3,(H2,16,23)(H3,17,20,24). The molecule has 1 aliphatic rings. The highest BCUT2D eigenvalue weighted by molar-refractivity contribution is 7.20. The monoisotopic (exact) mass is 361 g/mol. The summed E-state index contributed by atoms with van der Waals surface area (Å²) in [5.74, 6) is -0.191. The van der Waals surface area contributed by atoms with Crippen LogP contribution in [0.3, 0.4) is 0 Å². The number of anilines is 2. The first-order valence-corrected chi connectivity index (χ1v) is 8.51. The Balaban J connectivity index is 1.82. The molecule has 0 aliphatic carbocycles. The number of hydrogen-bond acceptors (Lipinski definition) is 7. The summed E-state index contributed by atoms with van der Waals surface area (Å²) in [6, 6.07) is 0.797. The molecule has 0 aromatic carbocycles. The van der Waals surface area contributed by atoms with E-state index in [0.717, 1.165) is 43.2 Å². The summed E-state index contributed by atoms with van der Waals surface area (Å²) in [6.45, 7) is 3.85. The van der Waals surface area contributed by atoms with Gasteiger partial charge in [-0.15, -0.1) is 11.3 Å². The molecular formula is C15H19N7O2S. The van der Waals surface area contributed by atoms with Gasteiger partial charge in [0.2, 0.25) is 0 Å². The topological polar surface area (TPSA) is 130 Å². The van der Waals surface area contributed by atoms with E-state index in [-0.39, 0.29) is 5.56 Å². The predicted octanol–water partition coefficient (Wildman–Crippen LogP) is 0.546. The molecule has 10 heteroatoms. The zero-order valence-electron chi connectivity index (χ0n) is 13.7. The van der Waals surface area contributed by atoms with Crippen LogP contribution in [0.1, 0.15) is 10.4 Å². The molecule has 0 saturated carbocycles. The van der Waals surface area contributed by atoms with Crippen LogP contribution in [0.25, 0.3) is 10.7 Å². The Morgan fingerprint density at radius 3 is 2.36 bits per heavy atom. The lowest BCUT2D eigenvalue weighted by Crippen LogP contribution is -2.44. The van der Waals surface area contributed by atoms with Crippen LogP contribution in [-0.2, 0) is 0 Å². The molecule has 9 nitrogen and oxygen atoms in total. The summed E-state index contributed by atoms with van der Waals surface area (Å²) in [6.07, 6.45) is 3.52. The van der Waals surface area contributed by atoms with E-state index in [1.165, 1.54) is 0 Å². The second-order valence-corrected chi connectivity index (χ2v) is 6.81. The third kappa shape index (κ3) is 3.86. The molecule has 0 atom stereocenters. The first-order chi connectivity index (χ1) is 11.9. The summed E-state index contributed by atoms with van der Waals surface area (Å²) in [7, 11) is 2.10. The Morgan fingerprint density at radius 1 is 1.16 bits per heavy atom. The zero-order chi connectivity index (χ0) is 18.0. The highest BCUT2D eigenvalue weighted by Crippen LogP contribution is 2.33. The summed E-state index contributed by atoms with van der Waals surface area (Å²) in [5, 5.41) is 2.69. The molecule has 0 bridgehead atoms. The molecule has 132 valence electrons. The number of carbonyl (C=O) groups is 2. The van der Waals surface area contributed by atoms with Gasteiger partial charge in [0.25, 0.3) is 5.91 Å². The number of urea groups is 1. The van der Waals surface area contributed by atoms with Crippen LogP contribution in [0.4, 0.5) is 15.5 Å². The van der Waals surface area contributed by atoms with Crippen LogP contribution in [0, 0.1) is 0 Å². The highest BCUT2D eigenvalue weighted by Gasteiger charge is 2.18. The molecule has 0 spiro atoms. The molecule has 1 saturated heterocycles. The van der Waals surface area contributed by atoms with E-state index in [0.29, 0.717) is 15.7 Å². The molecule has 2 aromatic heterocycles. The van der Waals surface area contributed by atoms with E-state index in [1.807, 2.05) is 0 Å². The largest absolute Gasteiger partial charge is 0.366 e. The average molecular weight is 361 g/mol. The molecule has 1 fully saturated rings. The first-order valence-electron chi connectivity index (χ1n) is 7.70. The number of amides is 3. The molecule has 5 N–H and O–H groups in total. The Labute approximate surface area is 148 Å².